The SMILES string of the molecule is CCOc1nc(N)nc2c1ncn2[C@@H]1O[C@](F)(COP(=O)(OCOC(=O)OC(C)C)OCOC(=O)OC(C)C)[C@@H](F)[C@@]1(C)OC(=O)C([NH3+])C(C)C.[Cl-]. The van der Waals surface area contributed by atoms with Gasteiger partial charge < -0.3 is 57.0 Å². The van der Waals surface area contributed by atoms with Gasteiger partial charge in [-0.2, -0.15) is 9.97 Å². The summed E-state index contributed by atoms with van der Waals surface area (Å²) in [7, 11) is -5.10. The molecule has 2 aromatic heterocycles. The van der Waals surface area contributed by atoms with E-state index in [9.17, 15) is 18.9 Å². The van der Waals surface area contributed by atoms with Crippen molar-refractivity contribution in [2.24, 2.45) is 5.92 Å². The molecule has 0 aromatic carbocycles. The van der Waals surface area contributed by atoms with E-state index in [-0.39, 0.29) is 47.9 Å². The minimum atomic E-state index is -5.10. The van der Waals surface area contributed by atoms with Gasteiger partial charge in [0.1, 0.15) is 6.61 Å². The molecular weight excluding hydrogens is 749 g/mol. The van der Waals surface area contributed by atoms with Gasteiger partial charge in [0.15, 0.2) is 29.0 Å². The van der Waals surface area contributed by atoms with Crippen LogP contribution in [0.15, 0.2) is 6.33 Å². The monoisotopic (exact) mass is 792 g/mol. The van der Waals surface area contributed by atoms with Gasteiger partial charge in [-0.3, -0.25) is 9.09 Å². The van der Waals surface area contributed by atoms with Crippen molar-refractivity contribution in [2.75, 3.05) is 32.5 Å². The highest BCUT2D eigenvalue weighted by atomic mass is 35.5. The Bertz CT molecular complexity index is 1560. The summed E-state index contributed by atoms with van der Waals surface area (Å²) >= 11 is 0. The molecule has 1 aliphatic heterocycles. The Labute approximate surface area is 303 Å². The smallest absolute Gasteiger partial charge is 0.510 e. The van der Waals surface area contributed by atoms with Crippen molar-refractivity contribution in [3.8, 4) is 5.88 Å². The standard InChI is InChI=1S/C28H43F2N6O14P.ClH/c1-9-41-20-18-19(34-24(32)35-20)36(11-33-18)23-27(8,49-21(37)17(31)14(2)3)22(29)28(30,50-23)10-44-51(40,45-12-42-25(38)47-15(4)5)46-13-43-26(39)48-16(6)7;/h11,14-17,22-23H,9-10,12-13,31H2,1-8H3,(H2,32,34,35);1H/t17?,22-,23+,27+,28+;/m0./s1. The van der Waals surface area contributed by atoms with Crippen LogP contribution in [0.2, 0.25) is 0 Å². The van der Waals surface area contributed by atoms with E-state index >= 15 is 8.78 Å². The van der Waals surface area contributed by atoms with Crippen LogP contribution in [-0.4, -0.2) is 100 Å². The van der Waals surface area contributed by atoms with E-state index < -0.39 is 88.4 Å². The molecule has 296 valence electrons. The topological polar surface area (TPSA) is 258 Å². The number of nitrogens with two attached hydrogens (primary N) is 1. The molecular formula is C28H44ClF2N6O14P. The molecule has 3 heterocycles. The fraction of sp³-hybridized carbons (Fsp3) is 0.714. The molecule has 0 saturated carbocycles. The van der Waals surface area contributed by atoms with Gasteiger partial charge in [0.05, 0.1) is 25.1 Å². The van der Waals surface area contributed by atoms with Crippen LogP contribution in [0.3, 0.4) is 0 Å². The molecule has 24 heteroatoms. The lowest BCUT2D eigenvalue weighted by molar-refractivity contribution is -0.420. The predicted molar refractivity (Wildman–Crippen MR) is 167 cm³/mol. The van der Waals surface area contributed by atoms with Gasteiger partial charge in [0.25, 0.3) is 5.85 Å². The summed E-state index contributed by atoms with van der Waals surface area (Å²) in [6.45, 7) is 8.45. The maximum absolute atomic E-state index is 16.8. The first kappa shape index (κ1) is 44.5. The highest BCUT2D eigenvalue weighted by Crippen LogP contribution is 2.55. The second-order valence-corrected chi connectivity index (χ2v) is 13.7. The first-order chi connectivity index (χ1) is 23.7. The number of aromatic nitrogens is 4. The molecule has 1 saturated heterocycles. The Morgan fingerprint density at radius 3 is 2.10 bits per heavy atom. The zero-order valence-corrected chi connectivity index (χ0v) is 31.4. The number of anilines is 1. The summed E-state index contributed by atoms with van der Waals surface area (Å²) < 4.78 is 98.3. The quantitative estimate of drug-likeness (QED) is 0.0932. The van der Waals surface area contributed by atoms with Crippen molar-refractivity contribution in [2.45, 2.75) is 97.5 Å². The molecule has 52 heavy (non-hydrogen) atoms. The lowest BCUT2D eigenvalue weighted by Crippen LogP contribution is -3.00. The van der Waals surface area contributed by atoms with Crippen molar-refractivity contribution < 1.29 is 92.6 Å². The number of carbonyl (C=O) groups excluding carboxylic acids is 3. The third kappa shape index (κ3) is 10.9. The number of hydrogen-bond donors (Lipinski definition) is 2. The molecule has 2 aromatic rings. The van der Waals surface area contributed by atoms with Gasteiger partial charge in [-0.1, -0.05) is 13.8 Å². The van der Waals surface area contributed by atoms with Crippen LogP contribution < -0.4 is 28.6 Å². The van der Waals surface area contributed by atoms with E-state index in [4.69, 9.17) is 43.0 Å². The molecule has 0 bridgehead atoms. The largest absolute Gasteiger partial charge is 1.00 e. The number of rotatable bonds is 17. The Balaban J connectivity index is 0.00000936. The highest BCUT2D eigenvalue weighted by molar-refractivity contribution is 7.48. The normalized spacial score (nSPS) is 22.3. The summed E-state index contributed by atoms with van der Waals surface area (Å²) in [5.41, 5.74) is 7.02. The Hall–Kier alpha value is -3.66. The molecule has 1 fully saturated rings. The van der Waals surface area contributed by atoms with Crippen LogP contribution >= 0.6 is 7.82 Å². The van der Waals surface area contributed by atoms with E-state index in [1.54, 1.807) is 20.8 Å². The lowest BCUT2D eigenvalue weighted by Gasteiger charge is -2.32. The van der Waals surface area contributed by atoms with Gasteiger partial charge in [0, 0.05) is 5.92 Å². The number of quaternary nitrogens is 1. The number of alkyl halides is 2. The Morgan fingerprint density at radius 2 is 1.60 bits per heavy atom. The summed E-state index contributed by atoms with van der Waals surface area (Å²) in [6.07, 6.45) is -7.35. The number of ether oxygens (including phenoxy) is 7. The van der Waals surface area contributed by atoms with E-state index in [0.717, 1.165) is 17.8 Å². The van der Waals surface area contributed by atoms with Crippen molar-refractivity contribution in [1.29, 1.82) is 0 Å². The van der Waals surface area contributed by atoms with Gasteiger partial charge in [-0.05, 0) is 41.5 Å². The van der Waals surface area contributed by atoms with Crippen LogP contribution in [-0.2, 0) is 51.4 Å². The number of fused-ring (bicyclic) bond motifs is 1. The Morgan fingerprint density at radius 1 is 1.04 bits per heavy atom. The fourth-order valence-electron chi connectivity index (χ4n) is 4.35. The van der Waals surface area contributed by atoms with Crippen molar-refractivity contribution in [3.05, 3.63) is 6.33 Å². The summed E-state index contributed by atoms with van der Waals surface area (Å²) in [4.78, 5) is 49.0. The van der Waals surface area contributed by atoms with E-state index in [2.05, 4.69) is 30.2 Å². The number of phosphoric acid groups is 1. The van der Waals surface area contributed by atoms with Crippen molar-refractivity contribution in [1.82, 2.24) is 19.5 Å². The van der Waals surface area contributed by atoms with Gasteiger partial charge in [-0.15, -0.1) is 0 Å². The average molecular weight is 793 g/mol. The molecule has 0 spiro atoms. The molecule has 0 aliphatic carbocycles. The zero-order chi connectivity index (χ0) is 38.3. The predicted octanol–water partition coefficient (Wildman–Crippen LogP) is 0.108. The number of hydrogen-bond acceptors (Lipinski definition) is 18. The lowest BCUT2D eigenvalue weighted by atomic mass is 9.95. The minimum absolute atomic E-state index is 0. The third-order valence-electron chi connectivity index (χ3n) is 6.91. The number of imidazole rings is 1. The van der Waals surface area contributed by atoms with Gasteiger partial charge >= 0.3 is 26.1 Å². The van der Waals surface area contributed by atoms with Crippen LogP contribution in [0.1, 0.15) is 61.6 Å². The van der Waals surface area contributed by atoms with Crippen LogP contribution in [0, 0.1) is 5.92 Å². The number of phosphoric ester groups is 1. The number of nitrogens with zero attached hydrogens (tertiary/aromatic N) is 4. The molecule has 5 atom stereocenters. The summed E-state index contributed by atoms with van der Waals surface area (Å²) in [5, 5.41) is 0. The maximum Gasteiger partial charge on any atom is 0.510 e. The zero-order valence-electron chi connectivity index (χ0n) is 29.7. The minimum Gasteiger partial charge on any atom is -1.00 e. The molecule has 0 amide bonds. The third-order valence-corrected chi connectivity index (χ3v) is 8.20. The van der Waals surface area contributed by atoms with Crippen LogP contribution in [0.4, 0.5) is 24.3 Å². The second kappa shape index (κ2) is 18.4. The van der Waals surface area contributed by atoms with Gasteiger partial charge in [-0.25, -0.2) is 41.8 Å². The Kier molecular flexibility index (Phi) is 15.7. The molecule has 20 nitrogen and oxygen atoms in total. The summed E-state index contributed by atoms with van der Waals surface area (Å²) in [6, 6.07) is -1.02. The number of nitrogen functional groups attached to an aromatic ring is 1. The molecule has 0 radical (unpaired) electrons. The average Bonchev–Trinajstić information content (AvgIpc) is 3.52. The molecule has 3 rings (SSSR count). The molecule has 1 unspecified atom stereocenters. The number of halogens is 3. The number of carbonyl (C=O) groups is 3. The van der Waals surface area contributed by atoms with Gasteiger partial charge in [0.2, 0.25) is 31.6 Å². The maximum atomic E-state index is 16.8. The van der Waals surface area contributed by atoms with E-state index in [1.807, 2.05) is 0 Å². The van der Waals surface area contributed by atoms with Crippen molar-refractivity contribution >= 4 is 43.2 Å². The van der Waals surface area contributed by atoms with E-state index in [0.29, 0.717) is 0 Å². The first-order valence-electron chi connectivity index (χ1n) is 15.6. The number of esters is 1. The second-order valence-electron chi connectivity index (χ2n) is 12.1. The summed E-state index contributed by atoms with van der Waals surface area (Å²) in [5.74, 6) is -5.29. The fourth-order valence-corrected chi connectivity index (χ4v) is 5.27. The highest BCUT2D eigenvalue weighted by Gasteiger charge is 2.68. The van der Waals surface area contributed by atoms with Crippen LogP contribution in [0.5, 0.6) is 5.88 Å². The van der Waals surface area contributed by atoms with Crippen LogP contribution in [0.25, 0.3) is 11.2 Å². The van der Waals surface area contributed by atoms with E-state index in [1.165, 1.54) is 27.7 Å². The first-order valence-corrected chi connectivity index (χ1v) is 17.1. The molecule has 1 aliphatic rings. The molecule has 5 N–H and O–H groups in total. The van der Waals surface area contributed by atoms with Crippen molar-refractivity contribution in [3.63, 3.8) is 0 Å².